The fraction of sp³-hybridized carbons (Fsp3) is 0.250. The van der Waals surface area contributed by atoms with Gasteiger partial charge in [0.15, 0.2) is 0 Å². The second-order valence-electron chi connectivity index (χ2n) is 3.85. The van der Waals surface area contributed by atoms with Gasteiger partial charge in [-0.3, -0.25) is 9.59 Å². The molecule has 0 unspecified atom stereocenters. The number of nitrogens with zero attached hydrogens (tertiary/aromatic N) is 2. The summed E-state index contributed by atoms with van der Waals surface area (Å²) in [5.41, 5.74) is 0.240. The van der Waals surface area contributed by atoms with Crippen LogP contribution in [0.4, 0.5) is 0 Å². The lowest BCUT2D eigenvalue weighted by Crippen LogP contribution is -2.25. The first-order chi connectivity index (χ1) is 8.75. The Bertz CT molecular complexity index is 539. The maximum atomic E-state index is 11.7. The van der Waals surface area contributed by atoms with E-state index in [0.717, 1.165) is 13.0 Å². The highest BCUT2D eigenvalue weighted by atomic mass is 16.1. The van der Waals surface area contributed by atoms with Crippen molar-refractivity contribution in [2.24, 2.45) is 0 Å². The Hall–Kier alpha value is -2.37. The zero-order valence-corrected chi connectivity index (χ0v) is 9.80. The molecule has 2 aromatic heterocycles. The number of aromatic amines is 1. The van der Waals surface area contributed by atoms with E-state index in [2.05, 4.69) is 15.3 Å². The zero-order chi connectivity index (χ0) is 12.8. The van der Waals surface area contributed by atoms with E-state index in [9.17, 15) is 9.59 Å². The Morgan fingerprint density at radius 2 is 2.33 bits per heavy atom. The molecule has 0 aliphatic carbocycles. The maximum Gasteiger partial charge on any atom is 0.252 e. The third-order valence-electron chi connectivity index (χ3n) is 2.48. The van der Waals surface area contributed by atoms with Gasteiger partial charge in [0.1, 0.15) is 0 Å². The minimum atomic E-state index is -0.216. The normalized spacial score (nSPS) is 10.2. The molecule has 2 heterocycles. The van der Waals surface area contributed by atoms with Crippen LogP contribution in [0.25, 0.3) is 0 Å². The van der Waals surface area contributed by atoms with E-state index < -0.39 is 0 Å². The summed E-state index contributed by atoms with van der Waals surface area (Å²) >= 11 is 0. The highest BCUT2D eigenvalue weighted by molar-refractivity contribution is 5.93. The number of imidazole rings is 1. The number of hydrogen-bond acceptors (Lipinski definition) is 3. The van der Waals surface area contributed by atoms with Gasteiger partial charge < -0.3 is 14.9 Å². The molecule has 0 aliphatic rings. The molecular formula is C12H14N4O2. The average Bonchev–Trinajstić information content (AvgIpc) is 2.88. The van der Waals surface area contributed by atoms with Gasteiger partial charge in [-0.2, -0.15) is 0 Å². The van der Waals surface area contributed by atoms with E-state index in [0.29, 0.717) is 12.1 Å². The Balaban J connectivity index is 1.75. The summed E-state index contributed by atoms with van der Waals surface area (Å²) in [6.45, 7) is 1.39. The molecule has 1 amide bonds. The molecule has 0 spiro atoms. The minimum Gasteiger partial charge on any atom is -0.352 e. The SMILES string of the molecule is O=C(NCCCn1ccnc1)c1ccc(=O)[nH]c1. The number of carbonyl (C=O) groups excluding carboxylic acids is 1. The van der Waals surface area contributed by atoms with Gasteiger partial charge in [0.25, 0.3) is 5.91 Å². The predicted molar refractivity (Wildman–Crippen MR) is 66.2 cm³/mol. The summed E-state index contributed by atoms with van der Waals surface area (Å²) in [7, 11) is 0. The topological polar surface area (TPSA) is 79.8 Å². The van der Waals surface area contributed by atoms with Gasteiger partial charge in [-0.15, -0.1) is 0 Å². The number of pyridine rings is 1. The molecule has 94 valence electrons. The van der Waals surface area contributed by atoms with Crippen LogP contribution in [-0.4, -0.2) is 27.0 Å². The monoisotopic (exact) mass is 246 g/mol. The van der Waals surface area contributed by atoms with E-state index in [4.69, 9.17) is 0 Å². The van der Waals surface area contributed by atoms with Crippen LogP contribution in [0.3, 0.4) is 0 Å². The van der Waals surface area contributed by atoms with Crippen molar-refractivity contribution in [3.63, 3.8) is 0 Å². The molecule has 0 aromatic carbocycles. The predicted octanol–water partition coefficient (Wildman–Crippen LogP) is 0.391. The van der Waals surface area contributed by atoms with Gasteiger partial charge in [-0.05, 0) is 12.5 Å². The first-order valence-corrected chi connectivity index (χ1v) is 5.68. The van der Waals surface area contributed by atoms with Crippen molar-refractivity contribution in [3.05, 3.63) is 53.0 Å². The Kier molecular flexibility index (Phi) is 3.90. The van der Waals surface area contributed by atoms with Crippen molar-refractivity contribution in [3.8, 4) is 0 Å². The Labute approximate surface area is 104 Å². The molecule has 6 heteroatoms. The Morgan fingerprint density at radius 3 is 3.00 bits per heavy atom. The van der Waals surface area contributed by atoms with Crippen molar-refractivity contribution < 1.29 is 4.79 Å². The number of H-pyrrole nitrogens is 1. The molecule has 0 bridgehead atoms. The third kappa shape index (κ3) is 3.31. The molecule has 0 atom stereocenters. The number of amides is 1. The van der Waals surface area contributed by atoms with E-state index >= 15 is 0 Å². The van der Waals surface area contributed by atoms with Gasteiger partial charge >= 0.3 is 0 Å². The molecule has 2 rings (SSSR count). The molecule has 18 heavy (non-hydrogen) atoms. The van der Waals surface area contributed by atoms with Crippen LogP contribution >= 0.6 is 0 Å². The van der Waals surface area contributed by atoms with Crippen molar-refractivity contribution in [1.29, 1.82) is 0 Å². The molecule has 0 saturated heterocycles. The average molecular weight is 246 g/mol. The van der Waals surface area contributed by atoms with Crippen LogP contribution in [0, 0.1) is 0 Å². The summed E-state index contributed by atoms with van der Waals surface area (Å²) in [5, 5.41) is 2.79. The van der Waals surface area contributed by atoms with Crippen molar-refractivity contribution in [2.75, 3.05) is 6.54 Å². The smallest absolute Gasteiger partial charge is 0.252 e. The van der Waals surface area contributed by atoms with Crippen LogP contribution in [0.1, 0.15) is 16.8 Å². The standard InChI is InChI=1S/C12H14N4O2/c17-11-3-2-10(8-15-11)12(18)14-4-1-6-16-7-5-13-9-16/h2-3,5,7-9H,1,4,6H2,(H,14,18)(H,15,17). The quantitative estimate of drug-likeness (QED) is 0.749. The number of aryl methyl sites for hydroxylation is 1. The second-order valence-corrected chi connectivity index (χ2v) is 3.85. The van der Waals surface area contributed by atoms with Gasteiger partial charge in [-0.1, -0.05) is 0 Å². The zero-order valence-electron chi connectivity index (χ0n) is 9.80. The lowest BCUT2D eigenvalue weighted by Gasteiger charge is -2.05. The number of nitrogens with one attached hydrogen (secondary N) is 2. The first kappa shape index (κ1) is 12.1. The molecule has 0 fully saturated rings. The summed E-state index contributed by atoms with van der Waals surface area (Å²) in [6, 6.07) is 2.84. The molecule has 0 saturated carbocycles. The fourth-order valence-corrected chi connectivity index (χ4v) is 1.54. The number of hydrogen-bond donors (Lipinski definition) is 2. The summed E-state index contributed by atoms with van der Waals surface area (Å²) in [4.78, 5) is 28.9. The number of aromatic nitrogens is 3. The number of carbonyl (C=O) groups is 1. The largest absolute Gasteiger partial charge is 0.352 e. The van der Waals surface area contributed by atoms with Crippen LogP contribution in [0.15, 0.2) is 41.8 Å². The summed E-state index contributed by atoms with van der Waals surface area (Å²) in [6.07, 6.45) is 7.57. The van der Waals surface area contributed by atoms with Crippen LogP contribution in [0.5, 0.6) is 0 Å². The molecular weight excluding hydrogens is 232 g/mol. The number of rotatable bonds is 5. The van der Waals surface area contributed by atoms with E-state index in [-0.39, 0.29) is 11.5 Å². The second kappa shape index (κ2) is 5.81. The Morgan fingerprint density at radius 1 is 1.44 bits per heavy atom. The summed E-state index contributed by atoms with van der Waals surface area (Å²) < 4.78 is 1.95. The fourth-order valence-electron chi connectivity index (χ4n) is 1.54. The van der Waals surface area contributed by atoms with Crippen molar-refractivity contribution in [2.45, 2.75) is 13.0 Å². The first-order valence-electron chi connectivity index (χ1n) is 5.68. The molecule has 6 nitrogen and oxygen atoms in total. The van der Waals surface area contributed by atoms with E-state index in [1.54, 1.807) is 12.5 Å². The van der Waals surface area contributed by atoms with Crippen molar-refractivity contribution >= 4 is 5.91 Å². The summed E-state index contributed by atoms with van der Waals surface area (Å²) in [5.74, 6) is -0.183. The molecule has 2 N–H and O–H groups in total. The molecule has 0 radical (unpaired) electrons. The molecule has 2 aromatic rings. The van der Waals surface area contributed by atoms with Crippen LogP contribution in [-0.2, 0) is 6.54 Å². The van der Waals surface area contributed by atoms with E-state index in [1.165, 1.54) is 18.3 Å². The van der Waals surface area contributed by atoms with Crippen LogP contribution in [0.2, 0.25) is 0 Å². The molecule has 0 aliphatic heterocycles. The lowest BCUT2D eigenvalue weighted by atomic mass is 10.2. The third-order valence-corrected chi connectivity index (χ3v) is 2.48. The van der Waals surface area contributed by atoms with Gasteiger partial charge in [0, 0.05) is 37.7 Å². The van der Waals surface area contributed by atoms with Crippen molar-refractivity contribution in [1.82, 2.24) is 19.9 Å². The van der Waals surface area contributed by atoms with Gasteiger partial charge in [-0.25, -0.2) is 4.98 Å². The van der Waals surface area contributed by atoms with Gasteiger partial charge in [0.05, 0.1) is 11.9 Å². The minimum absolute atomic E-state index is 0.183. The van der Waals surface area contributed by atoms with Gasteiger partial charge in [0.2, 0.25) is 5.56 Å². The lowest BCUT2D eigenvalue weighted by molar-refractivity contribution is 0.0952. The maximum absolute atomic E-state index is 11.7. The van der Waals surface area contributed by atoms with E-state index in [1.807, 2.05) is 10.8 Å². The van der Waals surface area contributed by atoms with Crippen LogP contribution < -0.4 is 10.9 Å². The highest BCUT2D eigenvalue weighted by Gasteiger charge is 2.03. The highest BCUT2D eigenvalue weighted by Crippen LogP contribution is 1.94.